The van der Waals surface area contributed by atoms with Crippen LogP contribution in [0.15, 0.2) is 36.8 Å². The molecule has 0 unspecified atom stereocenters. The van der Waals surface area contributed by atoms with Crippen molar-refractivity contribution in [1.82, 2.24) is 9.97 Å². The number of rotatable bonds is 3. The normalized spacial score (nSPS) is 10.1. The van der Waals surface area contributed by atoms with Crippen LogP contribution in [0.4, 0.5) is 4.39 Å². The van der Waals surface area contributed by atoms with E-state index in [0.29, 0.717) is 18.2 Å². The number of ether oxygens (including phenoxy) is 1. The summed E-state index contributed by atoms with van der Waals surface area (Å²) in [6.45, 7) is 0.311. The maximum atomic E-state index is 12.9. The average molecular weight is 219 g/mol. The van der Waals surface area contributed by atoms with Gasteiger partial charge in [0.25, 0.3) is 0 Å². The number of hydrogen-bond donors (Lipinski definition) is 1. The molecule has 0 atom stereocenters. The first-order valence-electron chi connectivity index (χ1n) is 4.72. The lowest BCUT2D eigenvalue weighted by Gasteiger charge is -2.07. The first-order chi connectivity index (χ1) is 7.79. The van der Waals surface area contributed by atoms with Gasteiger partial charge in [-0.3, -0.25) is 4.98 Å². The first-order valence-corrected chi connectivity index (χ1v) is 4.72. The Morgan fingerprint density at radius 3 is 3.00 bits per heavy atom. The number of hydrogen-bond acceptors (Lipinski definition) is 4. The van der Waals surface area contributed by atoms with E-state index in [1.165, 1.54) is 12.3 Å². The molecule has 16 heavy (non-hydrogen) atoms. The molecule has 0 aliphatic rings. The Labute approximate surface area is 91.9 Å². The molecule has 2 heterocycles. The van der Waals surface area contributed by atoms with Gasteiger partial charge in [-0.15, -0.1) is 0 Å². The van der Waals surface area contributed by atoms with Gasteiger partial charge in [0, 0.05) is 24.4 Å². The smallest absolute Gasteiger partial charge is 0.223 e. The van der Waals surface area contributed by atoms with Crippen LogP contribution in [0.2, 0.25) is 0 Å². The number of nitrogens with two attached hydrogens (primary N) is 1. The van der Waals surface area contributed by atoms with Crippen molar-refractivity contribution in [2.75, 3.05) is 0 Å². The zero-order valence-corrected chi connectivity index (χ0v) is 8.43. The summed E-state index contributed by atoms with van der Waals surface area (Å²) in [5, 5.41) is 0. The van der Waals surface area contributed by atoms with E-state index in [4.69, 9.17) is 10.5 Å². The molecule has 0 saturated heterocycles. The number of halogens is 1. The maximum absolute atomic E-state index is 12.9. The second-order valence-electron chi connectivity index (χ2n) is 3.11. The highest BCUT2D eigenvalue weighted by Crippen LogP contribution is 2.21. The van der Waals surface area contributed by atoms with Gasteiger partial charge in [0.2, 0.25) is 5.88 Å². The monoisotopic (exact) mass is 219 g/mol. The van der Waals surface area contributed by atoms with Crippen LogP contribution >= 0.6 is 0 Å². The average Bonchev–Trinajstić information content (AvgIpc) is 2.30. The van der Waals surface area contributed by atoms with Gasteiger partial charge in [-0.2, -0.15) is 0 Å². The number of pyridine rings is 2. The Balaban J connectivity index is 2.26. The van der Waals surface area contributed by atoms with Crippen molar-refractivity contribution in [3.05, 3.63) is 48.2 Å². The molecule has 82 valence electrons. The van der Waals surface area contributed by atoms with Crippen LogP contribution in [-0.2, 0) is 6.54 Å². The lowest BCUT2D eigenvalue weighted by atomic mass is 10.3. The van der Waals surface area contributed by atoms with E-state index in [2.05, 4.69) is 9.97 Å². The number of nitrogens with zero attached hydrogens (tertiary/aromatic N) is 2. The van der Waals surface area contributed by atoms with Gasteiger partial charge >= 0.3 is 0 Å². The first kappa shape index (κ1) is 10.5. The van der Waals surface area contributed by atoms with Crippen molar-refractivity contribution >= 4 is 0 Å². The highest BCUT2D eigenvalue weighted by molar-refractivity contribution is 5.30. The molecule has 2 aromatic heterocycles. The Morgan fingerprint density at radius 2 is 2.25 bits per heavy atom. The van der Waals surface area contributed by atoms with Crippen molar-refractivity contribution in [3.8, 4) is 11.6 Å². The molecule has 0 radical (unpaired) electrons. The van der Waals surface area contributed by atoms with Crippen molar-refractivity contribution < 1.29 is 9.13 Å². The predicted molar refractivity (Wildman–Crippen MR) is 56.4 cm³/mol. The largest absolute Gasteiger partial charge is 0.437 e. The summed E-state index contributed by atoms with van der Waals surface area (Å²) in [6.07, 6.45) is 4.11. The minimum Gasteiger partial charge on any atom is -0.437 e. The lowest BCUT2D eigenvalue weighted by Crippen LogP contribution is -2.01. The van der Waals surface area contributed by atoms with Gasteiger partial charge in [0.05, 0.1) is 12.4 Å². The zero-order valence-electron chi connectivity index (χ0n) is 8.43. The van der Waals surface area contributed by atoms with E-state index in [9.17, 15) is 4.39 Å². The molecule has 0 fully saturated rings. The van der Waals surface area contributed by atoms with Gasteiger partial charge in [-0.05, 0) is 6.07 Å². The van der Waals surface area contributed by atoms with Gasteiger partial charge in [0.1, 0.15) is 5.82 Å². The summed E-state index contributed by atoms with van der Waals surface area (Å²) < 4.78 is 18.3. The van der Waals surface area contributed by atoms with Crippen molar-refractivity contribution in [1.29, 1.82) is 0 Å². The molecule has 0 aromatic carbocycles. The molecule has 4 nitrogen and oxygen atoms in total. The molecule has 2 N–H and O–H groups in total. The molecule has 2 aromatic rings. The van der Waals surface area contributed by atoms with E-state index in [-0.39, 0.29) is 0 Å². The third-order valence-electron chi connectivity index (χ3n) is 1.96. The molecule has 0 aliphatic heterocycles. The van der Waals surface area contributed by atoms with Crippen LogP contribution in [0.3, 0.4) is 0 Å². The van der Waals surface area contributed by atoms with E-state index in [1.54, 1.807) is 18.3 Å². The lowest BCUT2D eigenvalue weighted by molar-refractivity contribution is 0.449. The van der Waals surface area contributed by atoms with E-state index >= 15 is 0 Å². The Hall–Kier alpha value is -2.01. The highest BCUT2D eigenvalue weighted by Gasteiger charge is 2.05. The van der Waals surface area contributed by atoms with E-state index in [1.807, 2.05) is 0 Å². The zero-order chi connectivity index (χ0) is 11.4. The van der Waals surface area contributed by atoms with Crippen molar-refractivity contribution in [2.45, 2.75) is 6.54 Å². The maximum Gasteiger partial charge on any atom is 0.223 e. The second kappa shape index (κ2) is 4.67. The predicted octanol–water partition coefficient (Wildman–Crippen LogP) is 1.87. The summed E-state index contributed by atoms with van der Waals surface area (Å²) in [5.41, 5.74) is 6.28. The SMILES string of the molecule is NCc1cccnc1Oc1cncc(F)c1. The molecule has 0 bridgehead atoms. The van der Waals surface area contributed by atoms with Crippen LogP contribution in [0.25, 0.3) is 0 Å². The third-order valence-corrected chi connectivity index (χ3v) is 1.96. The fourth-order valence-corrected chi connectivity index (χ4v) is 1.23. The van der Waals surface area contributed by atoms with Gasteiger partial charge in [-0.1, -0.05) is 6.07 Å². The topological polar surface area (TPSA) is 61.0 Å². The minimum absolute atomic E-state index is 0.299. The van der Waals surface area contributed by atoms with Crippen LogP contribution in [0, 0.1) is 5.82 Å². The summed E-state index contributed by atoms with van der Waals surface area (Å²) in [7, 11) is 0. The van der Waals surface area contributed by atoms with E-state index in [0.717, 1.165) is 11.8 Å². The summed E-state index contributed by atoms with van der Waals surface area (Å²) in [6, 6.07) is 4.80. The van der Waals surface area contributed by atoms with Gasteiger partial charge < -0.3 is 10.5 Å². The van der Waals surface area contributed by atoms with E-state index < -0.39 is 5.82 Å². The fourth-order valence-electron chi connectivity index (χ4n) is 1.23. The molecule has 0 amide bonds. The third kappa shape index (κ3) is 2.32. The molecular weight excluding hydrogens is 209 g/mol. The minimum atomic E-state index is -0.456. The quantitative estimate of drug-likeness (QED) is 0.855. The number of aromatic nitrogens is 2. The Bertz CT molecular complexity index is 490. The van der Waals surface area contributed by atoms with Crippen molar-refractivity contribution in [3.63, 3.8) is 0 Å². The van der Waals surface area contributed by atoms with Crippen LogP contribution in [0.5, 0.6) is 11.6 Å². The highest BCUT2D eigenvalue weighted by atomic mass is 19.1. The van der Waals surface area contributed by atoms with Gasteiger partial charge in [0.15, 0.2) is 5.75 Å². The molecule has 0 spiro atoms. The molecular formula is C11H10FN3O. The van der Waals surface area contributed by atoms with Crippen LogP contribution in [-0.4, -0.2) is 9.97 Å². The van der Waals surface area contributed by atoms with Crippen molar-refractivity contribution in [2.24, 2.45) is 5.73 Å². The summed E-state index contributed by atoms with van der Waals surface area (Å²) in [4.78, 5) is 7.70. The van der Waals surface area contributed by atoms with Crippen LogP contribution < -0.4 is 10.5 Å². The van der Waals surface area contributed by atoms with Crippen LogP contribution in [0.1, 0.15) is 5.56 Å². The Kier molecular flexibility index (Phi) is 3.07. The van der Waals surface area contributed by atoms with Gasteiger partial charge in [-0.25, -0.2) is 9.37 Å². The summed E-state index contributed by atoms with van der Waals surface area (Å²) >= 11 is 0. The molecule has 5 heteroatoms. The molecule has 2 rings (SSSR count). The summed E-state index contributed by atoms with van der Waals surface area (Å²) in [5.74, 6) is 0.216. The fraction of sp³-hybridized carbons (Fsp3) is 0.0909. The Morgan fingerprint density at radius 1 is 1.38 bits per heavy atom. The standard InChI is InChI=1S/C11H10FN3O/c12-9-4-10(7-14-6-9)16-11-8(5-13)2-1-3-15-11/h1-4,6-7H,5,13H2. The molecule has 0 aliphatic carbocycles. The second-order valence-corrected chi connectivity index (χ2v) is 3.11. The molecule has 0 saturated carbocycles.